The molecule has 150 valence electrons. The van der Waals surface area contributed by atoms with Gasteiger partial charge in [0.05, 0.1) is 18.7 Å². The van der Waals surface area contributed by atoms with Gasteiger partial charge in [-0.05, 0) is 43.4 Å². The highest BCUT2D eigenvalue weighted by molar-refractivity contribution is 5.91. The maximum absolute atomic E-state index is 6.35. The molecule has 1 aromatic carbocycles. The fraction of sp³-hybridized carbons (Fsp3) is 0.455. The minimum atomic E-state index is 0.390. The maximum Gasteiger partial charge on any atom is 0.135 e. The van der Waals surface area contributed by atoms with Crippen LogP contribution in [0.1, 0.15) is 37.4 Å². The Bertz CT molecular complexity index is 981. The molecule has 2 aromatic heterocycles. The van der Waals surface area contributed by atoms with Gasteiger partial charge in [0.15, 0.2) is 0 Å². The lowest BCUT2D eigenvalue weighted by Gasteiger charge is -2.38. The van der Waals surface area contributed by atoms with Gasteiger partial charge in [0.2, 0.25) is 0 Å². The van der Waals surface area contributed by atoms with Crippen LogP contribution < -0.4 is 5.73 Å². The van der Waals surface area contributed by atoms with Crippen LogP contribution in [0, 0.1) is 0 Å². The lowest BCUT2D eigenvalue weighted by molar-refractivity contribution is 0.00712. The average Bonchev–Trinajstić information content (AvgIpc) is 2.80. The van der Waals surface area contributed by atoms with Gasteiger partial charge < -0.3 is 10.5 Å². The predicted octanol–water partition coefficient (Wildman–Crippen LogP) is 3.03. The van der Waals surface area contributed by atoms with E-state index < -0.39 is 0 Å². The van der Waals surface area contributed by atoms with Crippen molar-refractivity contribution >= 4 is 16.7 Å². The molecule has 3 heterocycles. The summed E-state index contributed by atoms with van der Waals surface area (Å²) >= 11 is 0. The van der Waals surface area contributed by atoms with Crippen LogP contribution in [0.2, 0.25) is 0 Å². The molecule has 0 amide bonds. The topological polar surface area (TPSA) is 90.0 Å². The van der Waals surface area contributed by atoms with E-state index in [1.165, 1.54) is 19.2 Å². The Kier molecular flexibility index (Phi) is 5.08. The van der Waals surface area contributed by atoms with Gasteiger partial charge in [0.1, 0.15) is 18.0 Å². The molecule has 2 fully saturated rings. The Morgan fingerprint density at radius 3 is 2.45 bits per heavy atom. The molecular weight excluding hydrogens is 364 g/mol. The summed E-state index contributed by atoms with van der Waals surface area (Å²) in [4.78, 5) is 20.4. The maximum atomic E-state index is 6.35. The Morgan fingerprint density at radius 2 is 1.69 bits per heavy atom. The molecule has 1 saturated carbocycles. The lowest BCUT2D eigenvalue weighted by atomic mass is 9.84. The van der Waals surface area contributed by atoms with Crippen LogP contribution >= 0.6 is 0 Å². The fourth-order valence-electron chi connectivity index (χ4n) is 4.62. The molecule has 2 aliphatic rings. The minimum absolute atomic E-state index is 0.390. The van der Waals surface area contributed by atoms with Crippen molar-refractivity contribution in [3.63, 3.8) is 0 Å². The molecule has 2 N–H and O–H groups in total. The third-order valence-electron chi connectivity index (χ3n) is 6.26. The number of ether oxygens (including phenoxy) is 1. The molecule has 0 radical (unpaired) electrons. The molecule has 1 aliphatic heterocycles. The minimum Gasteiger partial charge on any atom is -0.383 e. The lowest BCUT2D eigenvalue weighted by Crippen LogP contribution is -2.44. The molecule has 7 heteroatoms. The SMILES string of the molecule is Nc1nc(C2CCC(N3CCOCC3)CC2)nc2ccc(-c3cncnc3)cc12. The van der Waals surface area contributed by atoms with E-state index in [1.54, 1.807) is 12.4 Å². The van der Waals surface area contributed by atoms with Crippen LogP contribution in [0.4, 0.5) is 5.82 Å². The molecule has 7 nitrogen and oxygen atoms in total. The fourth-order valence-corrected chi connectivity index (χ4v) is 4.62. The second kappa shape index (κ2) is 8.00. The van der Waals surface area contributed by atoms with Gasteiger partial charge in [0, 0.05) is 48.4 Å². The third-order valence-corrected chi connectivity index (χ3v) is 6.26. The highest BCUT2D eigenvalue weighted by Crippen LogP contribution is 2.35. The van der Waals surface area contributed by atoms with Crippen LogP contribution in [0.5, 0.6) is 0 Å². The summed E-state index contributed by atoms with van der Waals surface area (Å²) in [5, 5.41) is 0.886. The van der Waals surface area contributed by atoms with Gasteiger partial charge in [-0.25, -0.2) is 19.9 Å². The first-order chi connectivity index (χ1) is 14.3. The van der Waals surface area contributed by atoms with E-state index >= 15 is 0 Å². The van der Waals surface area contributed by atoms with E-state index in [9.17, 15) is 0 Å². The van der Waals surface area contributed by atoms with Gasteiger partial charge in [0.25, 0.3) is 0 Å². The first-order valence-corrected chi connectivity index (χ1v) is 10.4. The quantitative estimate of drug-likeness (QED) is 0.735. The molecule has 0 unspecified atom stereocenters. The number of benzene rings is 1. The number of rotatable bonds is 3. The van der Waals surface area contributed by atoms with E-state index in [1.807, 2.05) is 18.2 Å². The summed E-state index contributed by atoms with van der Waals surface area (Å²) in [6, 6.07) is 6.77. The summed E-state index contributed by atoms with van der Waals surface area (Å²) in [6.45, 7) is 3.84. The first-order valence-electron chi connectivity index (χ1n) is 10.4. The van der Waals surface area contributed by atoms with Crippen LogP contribution in [0.15, 0.2) is 36.9 Å². The van der Waals surface area contributed by atoms with Crippen molar-refractivity contribution in [3.8, 4) is 11.1 Å². The Hall–Kier alpha value is -2.64. The van der Waals surface area contributed by atoms with Gasteiger partial charge >= 0.3 is 0 Å². The van der Waals surface area contributed by atoms with Gasteiger partial charge in [-0.1, -0.05) is 6.07 Å². The molecular formula is C22H26N6O. The second-order valence-corrected chi connectivity index (χ2v) is 7.98. The highest BCUT2D eigenvalue weighted by Gasteiger charge is 2.29. The van der Waals surface area contributed by atoms with Crippen molar-refractivity contribution in [1.29, 1.82) is 0 Å². The van der Waals surface area contributed by atoms with E-state index in [0.29, 0.717) is 17.8 Å². The Balaban J connectivity index is 1.35. The standard InChI is InChI=1S/C22H26N6O/c23-21-19-11-16(17-12-24-14-25-13-17)3-6-20(19)26-22(27-21)15-1-4-18(5-2-15)28-7-9-29-10-8-28/h3,6,11-15,18H,1-2,4-5,7-10H2,(H2,23,26,27). The number of hydrogen-bond acceptors (Lipinski definition) is 7. The molecule has 3 aromatic rings. The normalized spacial score (nSPS) is 23.3. The summed E-state index contributed by atoms with van der Waals surface area (Å²) in [5.74, 6) is 1.84. The van der Waals surface area contributed by atoms with E-state index in [2.05, 4.69) is 14.9 Å². The van der Waals surface area contributed by atoms with Crippen LogP contribution in [0.3, 0.4) is 0 Å². The number of nitrogen functional groups attached to an aromatic ring is 1. The van der Waals surface area contributed by atoms with E-state index in [4.69, 9.17) is 20.4 Å². The number of hydrogen-bond donors (Lipinski definition) is 1. The zero-order valence-corrected chi connectivity index (χ0v) is 16.5. The van der Waals surface area contributed by atoms with E-state index in [-0.39, 0.29) is 0 Å². The summed E-state index contributed by atoms with van der Waals surface area (Å²) in [5.41, 5.74) is 9.23. The van der Waals surface area contributed by atoms with Crippen molar-refractivity contribution in [2.24, 2.45) is 0 Å². The summed E-state index contributed by atoms with van der Waals surface area (Å²) in [6.07, 6.45) is 9.75. The molecule has 5 rings (SSSR count). The number of nitrogens with zero attached hydrogens (tertiary/aromatic N) is 5. The number of anilines is 1. The monoisotopic (exact) mass is 390 g/mol. The number of aromatic nitrogens is 4. The van der Waals surface area contributed by atoms with Crippen molar-refractivity contribution in [1.82, 2.24) is 24.8 Å². The number of fused-ring (bicyclic) bond motifs is 1. The first kappa shape index (κ1) is 18.4. The molecule has 1 saturated heterocycles. The van der Waals surface area contributed by atoms with Gasteiger partial charge in [-0.15, -0.1) is 0 Å². The average molecular weight is 390 g/mol. The summed E-state index contributed by atoms with van der Waals surface area (Å²) < 4.78 is 5.49. The Labute approximate surface area is 170 Å². The zero-order chi connectivity index (χ0) is 19.6. The molecule has 0 spiro atoms. The van der Waals surface area contributed by atoms with Crippen LogP contribution in [0.25, 0.3) is 22.0 Å². The van der Waals surface area contributed by atoms with E-state index in [0.717, 1.165) is 67.0 Å². The van der Waals surface area contributed by atoms with Crippen molar-refractivity contribution in [2.45, 2.75) is 37.6 Å². The predicted molar refractivity (Wildman–Crippen MR) is 112 cm³/mol. The molecule has 0 atom stereocenters. The van der Waals surface area contributed by atoms with Crippen LogP contribution in [-0.2, 0) is 4.74 Å². The smallest absolute Gasteiger partial charge is 0.135 e. The van der Waals surface area contributed by atoms with Gasteiger partial charge in [-0.3, -0.25) is 4.90 Å². The number of morpholine rings is 1. The zero-order valence-electron chi connectivity index (χ0n) is 16.5. The molecule has 29 heavy (non-hydrogen) atoms. The molecule has 0 bridgehead atoms. The Morgan fingerprint density at radius 1 is 0.931 bits per heavy atom. The highest BCUT2D eigenvalue weighted by atomic mass is 16.5. The second-order valence-electron chi connectivity index (χ2n) is 7.98. The van der Waals surface area contributed by atoms with Crippen molar-refractivity contribution in [2.75, 3.05) is 32.0 Å². The van der Waals surface area contributed by atoms with Crippen LogP contribution in [-0.4, -0.2) is 57.2 Å². The largest absolute Gasteiger partial charge is 0.383 e. The van der Waals surface area contributed by atoms with Crippen molar-refractivity contribution < 1.29 is 4.74 Å². The summed E-state index contributed by atoms with van der Waals surface area (Å²) in [7, 11) is 0. The van der Waals surface area contributed by atoms with Gasteiger partial charge in [-0.2, -0.15) is 0 Å². The third kappa shape index (κ3) is 3.80. The number of nitrogens with two attached hydrogens (primary N) is 1. The molecule has 1 aliphatic carbocycles. The van der Waals surface area contributed by atoms with Crippen molar-refractivity contribution in [3.05, 3.63) is 42.7 Å².